The third-order valence-electron chi connectivity index (χ3n) is 1.75. The van der Waals surface area contributed by atoms with Gasteiger partial charge in [-0.1, -0.05) is 0 Å². The Hall–Kier alpha value is -1.14. The average molecular weight is 233 g/mol. The Morgan fingerprint density at radius 3 is 2.40 bits per heavy atom. The van der Waals surface area contributed by atoms with E-state index in [4.69, 9.17) is 4.55 Å². The third kappa shape index (κ3) is 5.34. The van der Waals surface area contributed by atoms with Crippen LogP contribution in [0.5, 0.6) is 0 Å². The molecule has 1 rings (SSSR count). The molecule has 0 aliphatic heterocycles. The van der Waals surface area contributed by atoms with Gasteiger partial charge in [0, 0.05) is 12.2 Å². The first-order valence-corrected chi connectivity index (χ1v) is 6.03. The van der Waals surface area contributed by atoms with Crippen molar-refractivity contribution < 1.29 is 17.4 Å². The van der Waals surface area contributed by atoms with Gasteiger partial charge in [0.15, 0.2) is 0 Å². The standard InChI is InChI=1S/C9H12FNO3S/c10-8-2-4-9(5-3-8)11-6-1-7-15(12,13)14/h2-5,11H,1,6-7H2,(H,12,13,14). The normalized spacial score (nSPS) is 11.3. The van der Waals surface area contributed by atoms with Gasteiger partial charge in [0.25, 0.3) is 10.1 Å². The molecule has 1 aromatic carbocycles. The fourth-order valence-electron chi connectivity index (χ4n) is 1.06. The molecule has 0 aliphatic carbocycles. The number of hydrogen-bond donors (Lipinski definition) is 2. The van der Waals surface area contributed by atoms with Crippen LogP contribution in [0.4, 0.5) is 10.1 Å². The molecule has 0 radical (unpaired) electrons. The molecule has 4 nitrogen and oxygen atoms in total. The maximum atomic E-state index is 12.5. The van der Waals surface area contributed by atoms with Crippen molar-refractivity contribution in [2.24, 2.45) is 0 Å². The smallest absolute Gasteiger partial charge is 0.264 e. The quantitative estimate of drug-likeness (QED) is 0.597. The molecular formula is C9H12FNO3S. The largest absolute Gasteiger partial charge is 0.385 e. The van der Waals surface area contributed by atoms with Crippen LogP contribution in [-0.2, 0) is 10.1 Å². The molecule has 0 spiro atoms. The molecule has 0 heterocycles. The Bertz CT molecular complexity index is 402. The molecule has 0 amide bonds. The van der Waals surface area contributed by atoms with Crippen molar-refractivity contribution in [1.29, 1.82) is 0 Å². The Morgan fingerprint density at radius 1 is 1.27 bits per heavy atom. The Morgan fingerprint density at radius 2 is 1.87 bits per heavy atom. The van der Waals surface area contributed by atoms with Gasteiger partial charge in [-0.05, 0) is 30.7 Å². The monoisotopic (exact) mass is 233 g/mol. The number of halogens is 1. The first-order chi connectivity index (χ1) is 6.97. The predicted molar refractivity (Wildman–Crippen MR) is 55.9 cm³/mol. The van der Waals surface area contributed by atoms with Crippen molar-refractivity contribution in [2.45, 2.75) is 6.42 Å². The minimum atomic E-state index is -3.89. The summed E-state index contributed by atoms with van der Waals surface area (Å²) in [5, 5.41) is 2.90. The summed E-state index contributed by atoms with van der Waals surface area (Å²) in [4.78, 5) is 0. The molecule has 1 aromatic rings. The Labute approximate surface area is 87.9 Å². The first kappa shape index (κ1) is 11.9. The summed E-state index contributed by atoms with van der Waals surface area (Å²) in [7, 11) is -3.89. The summed E-state index contributed by atoms with van der Waals surface area (Å²) in [5.41, 5.74) is 0.715. The van der Waals surface area contributed by atoms with E-state index >= 15 is 0 Å². The van der Waals surface area contributed by atoms with E-state index in [1.54, 1.807) is 12.1 Å². The van der Waals surface area contributed by atoms with Gasteiger partial charge in [-0.25, -0.2) is 4.39 Å². The first-order valence-electron chi connectivity index (χ1n) is 4.42. The van der Waals surface area contributed by atoms with Gasteiger partial charge in [-0.3, -0.25) is 4.55 Å². The van der Waals surface area contributed by atoms with Crippen LogP contribution in [0.1, 0.15) is 6.42 Å². The lowest BCUT2D eigenvalue weighted by Crippen LogP contribution is -2.10. The minimum Gasteiger partial charge on any atom is -0.385 e. The fourth-order valence-corrected chi connectivity index (χ4v) is 1.56. The summed E-state index contributed by atoms with van der Waals surface area (Å²) < 4.78 is 41.7. The summed E-state index contributed by atoms with van der Waals surface area (Å²) in [5.74, 6) is -0.597. The van der Waals surface area contributed by atoms with Gasteiger partial charge in [0.2, 0.25) is 0 Å². The van der Waals surface area contributed by atoms with Gasteiger partial charge in [-0.2, -0.15) is 8.42 Å². The van der Waals surface area contributed by atoms with E-state index in [0.29, 0.717) is 18.7 Å². The molecule has 0 unspecified atom stereocenters. The molecular weight excluding hydrogens is 221 g/mol. The number of nitrogens with one attached hydrogen (secondary N) is 1. The summed E-state index contributed by atoms with van der Waals surface area (Å²) in [6.45, 7) is 0.408. The van der Waals surface area contributed by atoms with Gasteiger partial charge in [0.1, 0.15) is 5.82 Å². The van der Waals surface area contributed by atoms with Crippen molar-refractivity contribution in [3.8, 4) is 0 Å². The molecule has 2 N–H and O–H groups in total. The number of hydrogen-bond acceptors (Lipinski definition) is 3. The second kappa shape index (κ2) is 5.09. The van der Waals surface area contributed by atoms with E-state index in [1.807, 2.05) is 0 Å². The number of rotatable bonds is 5. The summed E-state index contributed by atoms with van der Waals surface area (Å²) in [6.07, 6.45) is 0.302. The van der Waals surface area contributed by atoms with Crippen LogP contribution < -0.4 is 5.32 Å². The van der Waals surface area contributed by atoms with Crippen LogP contribution in [0.25, 0.3) is 0 Å². The summed E-state index contributed by atoms with van der Waals surface area (Å²) in [6, 6.07) is 5.74. The lowest BCUT2D eigenvalue weighted by molar-refractivity contribution is 0.481. The molecule has 15 heavy (non-hydrogen) atoms. The second-order valence-electron chi connectivity index (χ2n) is 3.07. The lowest BCUT2D eigenvalue weighted by atomic mass is 10.3. The molecule has 0 fully saturated rings. The van der Waals surface area contributed by atoms with Gasteiger partial charge in [0.05, 0.1) is 5.75 Å². The van der Waals surface area contributed by atoms with Crippen LogP contribution in [-0.4, -0.2) is 25.3 Å². The topological polar surface area (TPSA) is 66.4 Å². The van der Waals surface area contributed by atoms with Crippen LogP contribution in [0.2, 0.25) is 0 Å². The highest BCUT2D eigenvalue weighted by Crippen LogP contribution is 2.07. The highest BCUT2D eigenvalue weighted by molar-refractivity contribution is 7.85. The van der Waals surface area contributed by atoms with Crippen LogP contribution in [0.3, 0.4) is 0 Å². The molecule has 0 aromatic heterocycles. The van der Waals surface area contributed by atoms with E-state index in [0.717, 1.165) is 0 Å². The molecule has 0 bridgehead atoms. The van der Waals surface area contributed by atoms with Crippen molar-refractivity contribution >= 4 is 15.8 Å². The third-order valence-corrected chi connectivity index (χ3v) is 2.56. The summed E-state index contributed by atoms with van der Waals surface area (Å²) >= 11 is 0. The molecule has 84 valence electrons. The van der Waals surface area contributed by atoms with E-state index in [2.05, 4.69) is 5.32 Å². The highest BCUT2D eigenvalue weighted by atomic mass is 32.2. The van der Waals surface area contributed by atoms with Gasteiger partial charge >= 0.3 is 0 Å². The average Bonchev–Trinajstić information content (AvgIpc) is 2.14. The van der Waals surface area contributed by atoms with Crippen molar-refractivity contribution in [1.82, 2.24) is 0 Å². The zero-order valence-electron chi connectivity index (χ0n) is 7.98. The highest BCUT2D eigenvalue weighted by Gasteiger charge is 2.02. The van der Waals surface area contributed by atoms with Gasteiger partial charge < -0.3 is 5.32 Å². The number of benzene rings is 1. The Balaban J connectivity index is 2.29. The zero-order chi connectivity index (χ0) is 11.3. The SMILES string of the molecule is O=S(=O)(O)CCCNc1ccc(F)cc1. The second-order valence-corrected chi connectivity index (χ2v) is 4.65. The zero-order valence-corrected chi connectivity index (χ0v) is 8.80. The van der Waals surface area contributed by atoms with E-state index < -0.39 is 10.1 Å². The maximum Gasteiger partial charge on any atom is 0.264 e. The van der Waals surface area contributed by atoms with Crippen LogP contribution in [0, 0.1) is 5.82 Å². The lowest BCUT2D eigenvalue weighted by Gasteiger charge is -2.04. The van der Waals surface area contributed by atoms with Crippen molar-refractivity contribution in [3.63, 3.8) is 0 Å². The predicted octanol–water partition coefficient (Wildman–Crippen LogP) is 1.52. The Kier molecular flexibility index (Phi) is 4.05. The van der Waals surface area contributed by atoms with Crippen LogP contribution in [0.15, 0.2) is 24.3 Å². The molecule has 6 heteroatoms. The van der Waals surface area contributed by atoms with E-state index in [-0.39, 0.29) is 11.6 Å². The van der Waals surface area contributed by atoms with E-state index in [9.17, 15) is 12.8 Å². The minimum absolute atomic E-state index is 0.277. The molecule has 0 saturated carbocycles. The van der Waals surface area contributed by atoms with Gasteiger partial charge in [-0.15, -0.1) is 0 Å². The molecule has 0 saturated heterocycles. The molecule has 0 aliphatic rings. The van der Waals surface area contributed by atoms with Crippen molar-refractivity contribution in [2.75, 3.05) is 17.6 Å². The van der Waals surface area contributed by atoms with E-state index in [1.165, 1.54) is 12.1 Å². The molecule has 0 atom stereocenters. The van der Waals surface area contributed by atoms with Crippen molar-refractivity contribution in [3.05, 3.63) is 30.1 Å². The fraction of sp³-hybridized carbons (Fsp3) is 0.333. The number of anilines is 1. The van der Waals surface area contributed by atoms with Crippen LogP contribution >= 0.6 is 0 Å². The maximum absolute atomic E-state index is 12.5.